The van der Waals surface area contributed by atoms with Crippen LogP contribution >= 0.6 is 0 Å². The number of likely N-dealkylation sites (tertiary alicyclic amines) is 1. The van der Waals surface area contributed by atoms with Crippen molar-refractivity contribution in [3.05, 3.63) is 29.8 Å². The molecular formula is C17H27N3O. The van der Waals surface area contributed by atoms with E-state index in [1.807, 2.05) is 24.3 Å². The summed E-state index contributed by atoms with van der Waals surface area (Å²) in [5.41, 5.74) is 6.75. The van der Waals surface area contributed by atoms with Crippen LogP contribution < -0.4 is 10.5 Å². The van der Waals surface area contributed by atoms with E-state index in [-0.39, 0.29) is 0 Å². The molecule has 0 aromatic heterocycles. The third-order valence-electron chi connectivity index (χ3n) is 5.07. The molecule has 3 rings (SSSR count). The fraction of sp³-hybridized carbons (Fsp3) is 0.647. The maximum atomic E-state index is 5.86. The Bertz CT molecular complexity index is 448. The Morgan fingerprint density at radius 1 is 1.14 bits per heavy atom. The van der Waals surface area contributed by atoms with E-state index in [1.165, 1.54) is 32.4 Å². The molecule has 2 bridgehead atoms. The van der Waals surface area contributed by atoms with E-state index in [4.69, 9.17) is 10.5 Å². The summed E-state index contributed by atoms with van der Waals surface area (Å²) in [6, 6.07) is 9.66. The highest BCUT2D eigenvalue weighted by Gasteiger charge is 2.34. The summed E-state index contributed by atoms with van der Waals surface area (Å²) in [4.78, 5) is 5.15. The van der Waals surface area contributed by atoms with Crippen LogP contribution in [0.4, 0.5) is 0 Å². The van der Waals surface area contributed by atoms with Crippen LogP contribution in [0.25, 0.3) is 0 Å². The van der Waals surface area contributed by atoms with Gasteiger partial charge < -0.3 is 10.5 Å². The van der Waals surface area contributed by atoms with E-state index >= 15 is 0 Å². The van der Waals surface area contributed by atoms with E-state index in [0.717, 1.165) is 36.5 Å². The Kier molecular flexibility index (Phi) is 4.78. The van der Waals surface area contributed by atoms with E-state index in [0.29, 0.717) is 6.54 Å². The molecule has 0 radical (unpaired) electrons. The quantitative estimate of drug-likeness (QED) is 0.896. The van der Waals surface area contributed by atoms with E-state index in [9.17, 15) is 0 Å². The van der Waals surface area contributed by atoms with Crippen molar-refractivity contribution in [2.45, 2.75) is 37.9 Å². The summed E-state index contributed by atoms with van der Waals surface area (Å²) in [5.74, 6) is 0.945. The number of hydrogen-bond acceptors (Lipinski definition) is 4. The fourth-order valence-corrected chi connectivity index (χ4v) is 3.60. The third kappa shape index (κ3) is 3.57. The number of ether oxygens (including phenoxy) is 1. The lowest BCUT2D eigenvalue weighted by atomic mass is 10.1. The minimum absolute atomic E-state index is 0.587. The second-order valence-corrected chi connectivity index (χ2v) is 6.34. The monoisotopic (exact) mass is 289 g/mol. The zero-order valence-electron chi connectivity index (χ0n) is 13.0. The minimum Gasteiger partial charge on any atom is -0.492 e. The van der Waals surface area contributed by atoms with Crippen molar-refractivity contribution in [2.24, 2.45) is 5.73 Å². The summed E-state index contributed by atoms with van der Waals surface area (Å²) in [6.07, 6.45) is 4.05. The molecule has 0 saturated carbocycles. The van der Waals surface area contributed by atoms with Gasteiger partial charge >= 0.3 is 0 Å². The molecule has 0 spiro atoms. The van der Waals surface area contributed by atoms with Crippen LogP contribution in [0, 0.1) is 0 Å². The standard InChI is InChI=1S/C17H27N3O/c1-19-15-4-5-16(19)13-20(9-8-15)10-11-21-17-6-2-14(12-18)3-7-17/h2-3,6-7,15-16H,4-5,8-13,18H2,1H3. The topological polar surface area (TPSA) is 41.7 Å². The average molecular weight is 289 g/mol. The maximum absolute atomic E-state index is 5.86. The number of benzene rings is 1. The van der Waals surface area contributed by atoms with Gasteiger partial charge in [-0.1, -0.05) is 12.1 Å². The van der Waals surface area contributed by atoms with Crippen LogP contribution in [-0.2, 0) is 6.54 Å². The number of likely N-dealkylation sites (N-methyl/N-ethyl adjacent to an activating group) is 1. The predicted octanol–water partition coefficient (Wildman–Crippen LogP) is 1.69. The lowest BCUT2D eigenvalue weighted by Crippen LogP contribution is -2.38. The second-order valence-electron chi connectivity index (χ2n) is 6.34. The van der Waals surface area contributed by atoms with Crippen molar-refractivity contribution in [3.8, 4) is 5.75 Å². The largest absolute Gasteiger partial charge is 0.492 e. The van der Waals surface area contributed by atoms with E-state index < -0.39 is 0 Å². The molecule has 2 heterocycles. The first kappa shape index (κ1) is 14.8. The zero-order chi connectivity index (χ0) is 14.7. The van der Waals surface area contributed by atoms with Gasteiger partial charge in [0.2, 0.25) is 0 Å². The van der Waals surface area contributed by atoms with Gasteiger partial charge in [0.1, 0.15) is 12.4 Å². The number of nitrogens with two attached hydrogens (primary N) is 1. The molecule has 2 N–H and O–H groups in total. The first-order chi connectivity index (χ1) is 10.3. The second kappa shape index (κ2) is 6.77. The minimum atomic E-state index is 0.587. The molecular weight excluding hydrogens is 262 g/mol. The molecule has 2 atom stereocenters. The molecule has 4 nitrogen and oxygen atoms in total. The molecule has 21 heavy (non-hydrogen) atoms. The van der Waals surface area contributed by atoms with E-state index in [2.05, 4.69) is 16.8 Å². The van der Waals surface area contributed by atoms with Crippen molar-refractivity contribution in [2.75, 3.05) is 33.3 Å². The Labute approximate surface area is 127 Å². The Morgan fingerprint density at radius 3 is 2.67 bits per heavy atom. The normalized spacial score (nSPS) is 26.8. The SMILES string of the molecule is CN1C2CCC1CN(CCOc1ccc(CN)cc1)CC2. The highest BCUT2D eigenvalue weighted by atomic mass is 16.5. The number of fused-ring (bicyclic) bond motifs is 2. The van der Waals surface area contributed by atoms with Crippen molar-refractivity contribution < 1.29 is 4.74 Å². The molecule has 1 aromatic carbocycles. The number of hydrogen-bond donors (Lipinski definition) is 1. The summed E-state index contributed by atoms with van der Waals surface area (Å²) in [5, 5.41) is 0. The summed E-state index contributed by atoms with van der Waals surface area (Å²) in [6.45, 7) is 4.78. The molecule has 1 aromatic rings. The van der Waals surface area contributed by atoms with Crippen LogP contribution in [0.3, 0.4) is 0 Å². The Morgan fingerprint density at radius 2 is 1.90 bits per heavy atom. The van der Waals surface area contributed by atoms with Gasteiger partial charge in [-0.25, -0.2) is 0 Å². The first-order valence-electron chi connectivity index (χ1n) is 8.12. The predicted molar refractivity (Wildman–Crippen MR) is 85.5 cm³/mol. The molecule has 116 valence electrons. The van der Waals surface area contributed by atoms with Crippen LogP contribution in [0.5, 0.6) is 5.75 Å². The third-order valence-corrected chi connectivity index (χ3v) is 5.07. The zero-order valence-corrected chi connectivity index (χ0v) is 13.0. The van der Waals surface area contributed by atoms with Gasteiger partial charge in [-0.05, 0) is 50.6 Å². The molecule has 0 amide bonds. The average Bonchev–Trinajstić information content (AvgIpc) is 2.75. The highest BCUT2D eigenvalue weighted by Crippen LogP contribution is 2.28. The van der Waals surface area contributed by atoms with Crippen LogP contribution in [0.2, 0.25) is 0 Å². The lowest BCUT2D eigenvalue weighted by Gasteiger charge is -2.25. The van der Waals surface area contributed by atoms with Gasteiger partial charge in [-0.15, -0.1) is 0 Å². The van der Waals surface area contributed by atoms with Gasteiger partial charge in [0.05, 0.1) is 0 Å². The Balaban J connectivity index is 1.44. The summed E-state index contributed by atoms with van der Waals surface area (Å²) < 4.78 is 5.86. The molecule has 4 heteroatoms. The molecule has 2 unspecified atom stereocenters. The van der Waals surface area contributed by atoms with Gasteiger partial charge in [0.15, 0.2) is 0 Å². The van der Waals surface area contributed by atoms with Crippen molar-refractivity contribution in [3.63, 3.8) is 0 Å². The molecule has 2 aliphatic rings. The van der Waals surface area contributed by atoms with Crippen LogP contribution in [0.1, 0.15) is 24.8 Å². The van der Waals surface area contributed by atoms with Crippen molar-refractivity contribution >= 4 is 0 Å². The maximum Gasteiger partial charge on any atom is 0.119 e. The Hall–Kier alpha value is -1.10. The lowest BCUT2D eigenvalue weighted by molar-refractivity contribution is 0.187. The first-order valence-corrected chi connectivity index (χ1v) is 8.12. The number of rotatable bonds is 5. The van der Waals surface area contributed by atoms with Crippen molar-refractivity contribution in [1.29, 1.82) is 0 Å². The van der Waals surface area contributed by atoms with Crippen LogP contribution in [-0.4, -0.2) is 55.2 Å². The molecule has 2 aliphatic heterocycles. The molecule has 0 aliphatic carbocycles. The molecule has 2 saturated heterocycles. The fourth-order valence-electron chi connectivity index (χ4n) is 3.60. The number of nitrogens with zero attached hydrogens (tertiary/aromatic N) is 2. The molecule has 2 fully saturated rings. The van der Waals surface area contributed by atoms with Crippen LogP contribution in [0.15, 0.2) is 24.3 Å². The van der Waals surface area contributed by atoms with Gasteiger partial charge in [0, 0.05) is 31.7 Å². The summed E-state index contributed by atoms with van der Waals surface area (Å²) in [7, 11) is 2.29. The van der Waals surface area contributed by atoms with Gasteiger partial charge in [0.25, 0.3) is 0 Å². The van der Waals surface area contributed by atoms with Gasteiger partial charge in [-0.3, -0.25) is 9.80 Å². The summed E-state index contributed by atoms with van der Waals surface area (Å²) >= 11 is 0. The van der Waals surface area contributed by atoms with Gasteiger partial charge in [-0.2, -0.15) is 0 Å². The smallest absolute Gasteiger partial charge is 0.119 e. The van der Waals surface area contributed by atoms with Crippen molar-refractivity contribution in [1.82, 2.24) is 9.80 Å². The van der Waals surface area contributed by atoms with E-state index in [1.54, 1.807) is 0 Å². The highest BCUT2D eigenvalue weighted by molar-refractivity contribution is 5.27.